The number of rotatable bonds is 9. The lowest BCUT2D eigenvalue weighted by molar-refractivity contribution is -0.143. The number of aromatic amines is 1. The molecule has 3 aliphatic heterocycles. The Labute approximate surface area is 308 Å². The second-order valence-corrected chi connectivity index (χ2v) is 15.2. The van der Waals surface area contributed by atoms with Crippen molar-refractivity contribution < 1.29 is 33.2 Å². The van der Waals surface area contributed by atoms with E-state index in [1.54, 1.807) is 13.2 Å². The van der Waals surface area contributed by atoms with Crippen molar-refractivity contribution in [1.82, 2.24) is 25.1 Å². The number of aliphatic imine (C=N–C) groups is 1. The quantitative estimate of drug-likeness (QED) is 0.222. The number of fused-ring (bicyclic) bond motifs is 2. The average molecular weight is 742 g/mol. The summed E-state index contributed by atoms with van der Waals surface area (Å²) < 4.78 is 47.0. The van der Waals surface area contributed by atoms with Crippen molar-refractivity contribution in [2.75, 3.05) is 71.7 Å². The number of piperidine rings is 1. The van der Waals surface area contributed by atoms with Crippen molar-refractivity contribution in [1.29, 1.82) is 0 Å². The van der Waals surface area contributed by atoms with Gasteiger partial charge in [-0.2, -0.15) is 15.1 Å². The zero-order valence-electron chi connectivity index (χ0n) is 30.6. The average Bonchev–Trinajstić information content (AvgIpc) is 3.82. The fourth-order valence-electron chi connectivity index (χ4n) is 8.50. The Balaban J connectivity index is 1.28. The fraction of sp³-hybridized carbons (Fsp3) is 0.622. The molecule has 2 N–H and O–H groups in total. The molecule has 13 nitrogen and oxygen atoms in total. The first kappa shape index (κ1) is 36.9. The van der Waals surface area contributed by atoms with Gasteiger partial charge >= 0.3 is 6.01 Å². The van der Waals surface area contributed by atoms with Crippen LogP contribution < -0.4 is 9.64 Å². The van der Waals surface area contributed by atoms with Gasteiger partial charge in [0, 0.05) is 49.1 Å². The van der Waals surface area contributed by atoms with Gasteiger partial charge in [-0.1, -0.05) is 18.0 Å². The number of β-amino-alcohol motifs (C(OH)–C–C–N with tert-alkyl or cyclic N) is 1. The van der Waals surface area contributed by atoms with Crippen LogP contribution in [0.2, 0.25) is 5.02 Å². The summed E-state index contributed by atoms with van der Waals surface area (Å²) in [4.78, 5) is 18.4. The highest BCUT2D eigenvalue weighted by Gasteiger charge is 2.49. The van der Waals surface area contributed by atoms with E-state index in [0.717, 1.165) is 56.3 Å². The second-order valence-electron chi connectivity index (χ2n) is 14.8. The van der Waals surface area contributed by atoms with Gasteiger partial charge < -0.3 is 33.7 Å². The third kappa shape index (κ3) is 7.38. The molecule has 3 saturated heterocycles. The van der Waals surface area contributed by atoms with E-state index in [1.165, 1.54) is 13.2 Å². The van der Waals surface area contributed by atoms with Gasteiger partial charge in [0.15, 0.2) is 11.6 Å². The molecule has 1 aliphatic carbocycles. The third-order valence-electron chi connectivity index (χ3n) is 10.8. The normalized spacial score (nSPS) is 27.2. The van der Waals surface area contributed by atoms with Crippen LogP contribution in [0.1, 0.15) is 68.3 Å². The van der Waals surface area contributed by atoms with Crippen molar-refractivity contribution in [3.8, 4) is 6.01 Å². The highest BCUT2D eigenvalue weighted by atomic mass is 35.5. The molecule has 15 heteroatoms. The molecule has 52 heavy (non-hydrogen) atoms. The Kier molecular flexibility index (Phi) is 10.8. The molecule has 2 aromatic heterocycles. The maximum absolute atomic E-state index is 17.0. The minimum Gasteiger partial charge on any atom is -0.481 e. The van der Waals surface area contributed by atoms with Crippen LogP contribution in [0.3, 0.4) is 0 Å². The van der Waals surface area contributed by atoms with E-state index in [2.05, 4.69) is 20.1 Å². The first-order valence-corrected chi connectivity index (χ1v) is 18.5. The summed E-state index contributed by atoms with van der Waals surface area (Å²) >= 11 is 6.77. The van der Waals surface area contributed by atoms with Gasteiger partial charge in [0.2, 0.25) is 5.90 Å². The van der Waals surface area contributed by atoms with E-state index in [9.17, 15) is 5.11 Å². The van der Waals surface area contributed by atoms with Crippen molar-refractivity contribution in [3.05, 3.63) is 39.7 Å². The van der Waals surface area contributed by atoms with Crippen LogP contribution >= 0.6 is 11.6 Å². The lowest BCUT2D eigenvalue weighted by Crippen LogP contribution is -2.54. The molecule has 4 fully saturated rings. The summed E-state index contributed by atoms with van der Waals surface area (Å²) in [5.74, 6) is -0.811. The summed E-state index contributed by atoms with van der Waals surface area (Å²) in [5, 5.41) is 18.9. The minimum absolute atomic E-state index is 0.0106. The number of H-pyrrole nitrogens is 1. The van der Waals surface area contributed by atoms with E-state index in [-0.39, 0.29) is 47.8 Å². The first-order valence-electron chi connectivity index (χ1n) is 18.1. The number of aliphatic hydroxyl groups is 1. The van der Waals surface area contributed by atoms with Crippen molar-refractivity contribution >= 4 is 46.1 Å². The van der Waals surface area contributed by atoms with Crippen molar-refractivity contribution in [2.24, 2.45) is 10.4 Å². The molecule has 3 aromatic rings. The SMILES string of the molecule is CN=C(OC)c1c(/C(F)=C/c2c(Cl)c(C)cc3[nH]ncc23)nc(OCC23CCCC2N(CC2COC(C)(C)O2)CCC3)nc1N1CCOCC(O)C1. The highest BCUT2D eigenvalue weighted by Crippen LogP contribution is 2.48. The number of benzene rings is 1. The smallest absolute Gasteiger partial charge is 0.319 e. The number of anilines is 1. The predicted molar refractivity (Wildman–Crippen MR) is 197 cm³/mol. The summed E-state index contributed by atoms with van der Waals surface area (Å²) in [7, 11) is 3.02. The number of likely N-dealkylation sites (tertiary alicyclic amines) is 1. The number of nitrogens with one attached hydrogen (secondary N) is 1. The monoisotopic (exact) mass is 741 g/mol. The van der Waals surface area contributed by atoms with Crippen LogP contribution in [0.4, 0.5) is 10.2 Å². The van der Waals surface area contributed by atoms with Crippen LogP contribution in [0.25, 0.3) is 22.8 Å². The Morgan fingerprint density at radius 1 is 1.23 bits per heavy atom. The zero-order chi connectivity index (χ0) is 36.6. The lowest BCUT2D eigenvalue weighted by Gasteiger charge is -2.46. The van der Waals surface area contributed by atoms with Crippen LogP contribution in [-0.2, 0) is 18.9 Å². The number of ether oxygens (including phenoxy) is 5. The molecule has 0 radical (unpaired) electrons. The predicted octanol–water partition coefficient (Wildman–Crippen LogP) is 5.17. The number of aliphatic hydroxyl groups excluding tert-OH is 1. The number of hydrogen-bond donors (Lipinski definition) is 2. The van der Waals surface area contributed by atoms with Crippen LogP contribution in [-0.4, -0.2) is 127 Å². The number of halogens is 2. The number of hydrogen-bond acceptors (Lipinski definition) is 12. The highest BCUT2D eigenvalue weighted by molar-refractivity contribution is 6.34. The molecule has 282 valence electrons. The van der Waals surface area contributed by atoms with Crippen LogP contribution in [0.5, 0.6) is 6.01 Å². The maximum Gasteiger partial charge on any atom is 0.319 e. The van der Waals surface area contributed by atoms with Gasteiger partial charge in [-0.3, -0.25) is 15.0 Å². The Bertz CT molecular complexity index is 1840. The number of aryl methyl sites for hydroxylation is 1. The molecule has 0 bridgehead atoms. The molecular formula is C37H49ClFN7O6. The largest absolute Gasteiger partial charge is 0.481 e. The molecule has 7 rings (SSSR count). The molecule has 4 atom stereocenters. The molecule has 4 aliphatic rings. The molecule has 4 unspecified atom stereocenters. The van der Waals surface area contributed by atoms with E-state index in [0.29, 0.717) is 54.2 Å². The summed E-state index contributed by atoms with van der Waals surface area (Å²) in [6.07, 6.45) is 7.37. The topological polar surface area (TPSA) is 140 Å². The molecule has 5 heterocycles. The standard InChI is InChI=1S/C37H49ClFN7O6/c1-22-14-28-26(16-41-44-28)25(31(22)38)15-27(39)32-30(34(40-4)48-5)33(46-12-13-49-19-23(47)17-46)43-35(42-32)50-21-37-9-6-8-29(37)45(11-7-10-37)18-24-20-51-36(2,3)52-24/h14-16,23-24,29,47H,6-13,17-21H2,1-5H3,(H,41,44)/b27-15-,40-34?. The maximum atomic E-state index is 17.0. The van der Waals surface area contributed by atoms with Crippen LogP contribution in [0, 0.1) is 12.3 Å². The minimum atomic E-state index is -0.797. The zero-order valence-corrected chi connectivity index (χ0v) is 31.3. The molecule has 1 saturated carbocycles. The third-order valence-corrected chi connectivity index (χ3v) is 11.3. The molecule has 0 spiro atoms. The number of methoxy groups -OCH3 is 1. The summed E-state index contributed by atoms with van der Waals surface area (Å²) in [6.45, 7) is 9.58. The Hall–Kier alpha value is -3.40. The molecule has 0 amide bonds. The van der Waals surface area contributed by atoms with E-state index in [1.807, 2.05) is 31.7 Å². The summed E-state index contributed by atoms with van der Waals surface area (Å²) in [6, 6.07) is 2.20. The second kappa shape index (κ2) is 15.2. The van der Waals surface area contributed by atoms with Gasteiger partial charge in [0.1, 0.15) is 17.1 Å². The number of aromatic nitrogens is 4. The van der Waals surface area contributed by atoms with Crippen molar-refractivity contribution in [3.63, 3.8) is 0 Å². The van der Waals surface area contributed by atoms with Gasteiger partial charge in [-0.25, -0.2) is 4.39 Å². The van der Waals surface area contributed by atoms with Gasteiger partial charge in [-0.15, -0.1) is 0 Å². The summed E-state index contributed by atoms with van der Waals surface area (Å²) in [5.41, 5.74) is 1.98. The molecule has 1 aromatic carbocycles. The van der Waals surface area contributed by atoms with Gasteiger partial charge in [-0.05, 0) is 70.7 Å². The number of nitrogens with zero attached hydrogens (tertiary/aromatic N) is 6. The van der Waals surface area contributed by atoms with Crippen molar-refractivity contribution in [2.45, 2.75) is 76.9 Å². The lowest BCUT2D eigenvalue weighted by atomic mass is 9.75. The van der Waals surface area contributed by atoms with E-state index in [4.69, 9.17) is 45.3 Å². The van der Waals surface area contributed by atoms with E-state index < -0.39 is 17.7 Å². The first-order chi connectivity index (χ1) is 25.0. The van der Waals surface area contributed by atoms with E-state index >= 15 is 4.39 Å². The Morgan fingerprint density at radius 2 is 2.06 bits per heavy atom. The van der Waals surface area contributed by atoms with Gasteiger partial charge in [0.25, 0.3) is 0 Å². The molecular weight excluding hydrogens is 693 g/mol. The van der Waals surface area contributed by atoms with Gasteiger partial charge in [0.05, 0.1) is 62.5 Å². The Morgan fingerprint density at radius 3 is 2.83 bits per heavy atom. The fourth-order valence-corrected chi connectivity index (χ4v) is 8.71. The van der Waals surface area contributed by atoms with Crippen LogP contribution in [0.15, 0.2) is 17.3 Å².